The highest BCUT2D eigenvalue weighted by atomic mass is 16.5. The van der Waals surface area contributed by atoms with Crippen molar-refractivity contribution in [2.24, 2.45) is 0 Å². The number of nitrogens with zero attached hydrogens (tertiary/aromatic N) is 2. The van der Waals surface area contributed by atoms with E-state index in [1.165, 1.54) is 0 Å². The zero-order chi connectivity index (χ0) is 11.0. The molecule has 0 saturated heterocycles. The fourth-order valence-corrected chi connectivity index (χ4v) is 0.969. The van der Waals surface area contributed by atoms with Gasteiger partial charge in [-0.1, -0.05) is 52.0 Å². The van der Waals surface area contributed by atoms with Crippen molar-refractivity contribution < 1.29 is 4.52 Å². The Kier molecular flexibility index (Phi) is 2.75. The van der Waals surface area contributed by atoms with Crippen molar-refractivity contribution >= 4 is 13.1 Å². The largest absolute Gasteiger partial charge is 0.352 e. The Labute approximate surface area is 86.5 Å². The minimum absolute atomic E-state index is 0.0481. The van der Waals surface area contributed by atoms with Gasteiger partial charge in [0, 0.05) is 5.41 Å². The van der Waals surface area contributed by atoms with Crippen molar-refractivity contribution in [3.05, 3.63) is 5.82 Å². The summed E-state index contributed by atoms with van der Waals surface area (Å²) in [5.41, 5.74) is -0.0481. The summed E-state index contributed by atoms with van der Waals surface area (Å²) in [4.78, 5) is 4.33. The lowest BCUT2D eigenvalue weighted by Crippen LogP contribution is -2.25. The lowest BCUT2D eigenvalue weighted by atomic mass is 9.55. The summed E-state index contributed by atoms with van der Waals surface area (Å²) in [6, 6.07) is 0. The lowest BCUT2D eigenvalue weighted by molar-refractivity contribution is 0.410. The maximum atomic E-state index is 5.15. The Morgan fingerprint density at radius 1 is 1.07 bits per heavy atom. The Bertz CT molecular complexity index is 307. The molecule has 1 radical (unpaired) electrons. The van der Waals surface area contributed by atoms with Crippen LogP contribution in [0, 0.1) is 0 Å². The van der Waals surface area contributed by atoms with Gasteiger partial charge in [-0.15, -0.1) is 0 Å². The van der Waals surface area contributed by atoms with Crippen LogP contribution in [0.5, 0.6) is 0 Å². The van der Waals surface area contributed by atoms with Gasteiger partial charge in [-0.05, 0) is 0 Å². The van der Waals surface area contributed by atoms with E-state index in [0.29, 0.717) is 5.79 Å². The molecule has 3 nitrogen and oxygen atoms in total. The van der Waals surface area contributed by atoms with Crippen molar-refractivity contribution in [2.75, 3.05) is 0 Å². The summed E-state index contributed by atoms with van der Waals surface area (Å²) in [5, 5.41) is 4.03. The van der Waals surface area contributed by atoms with Crippen LogP contribution in [0.2, 0.25) is 5.31 Å². The van der Waals surface area contributed by atoms with E-state index in [1.54, 1.807) is 0 Å². The Morgan fingerprint density at radius 3 is 2.00 bits per heavy atom. The van der Waals surface area contributed by atoms with E-state index < -0.39 is 0 Å². The van der Waals surface area contributed by atoms with Gasteiger partial charge in [0.05, 0.1) is 0 Å². The Hall–Kier alpha value is -0.795. The molecule has 0 aromatic carbocycles. The number of aromatic nitrogens is 2. The van der Waals surface area contributed by atoms with Gasteiger partial charge in [-0.25, -0.2) is 4.98 Å². The van der Waals surface area contributed by atoms with Gasteiger partial charge in [-0.2, -0.15) is 0 Å². The smallest absolute Gasteiger partial charge is 0.239 e. The van der Waals surface area contributed by atoms with Crippen LogP contribution in [-0.2, 0) is 5.41 Å². The third-order valence-corrected chi connectivity index (χ3v) is 1.67. The second-order valence-corrected chi connectivity index (χ2v) is 5.72. The molecule has 77 valence electrons. The standard InChI is InChI=1S/C10H18BN2O/c1-9(2,3)7-12-8(14-13-7)11-10(4,5)6/h1-6H3. The van der Waals surface area contributed by atoms with Gasteiger partial charge in [-0.3, -0.25) is 0 Å². The summed E-state index contributed by atoms with van der Waals surface area (Å²) in [6.07, 6.45) is 0. The summed E-state index contributed by atoms with van der Waals surface area (Å²) in [6.45, 7) is 12.5. The van der Waals surface area contributed by atoms with Gasteiger partial charge in [0.15, 0.2) is 11.6 Å². The fourth-order valence-electron chi connectivity index (χ4n) is 0.969. The maximum Gasteiger partial charge on any atom is 0.239 e. The second-order valence-electron chi connectivity index (χ2n) is 5.72. The van der Waals surface area contributed by atoms with E-state index >= 15 is 0 Å². The molecule has 0 spiro atoms. The van der Waals surface area contributed by atoms with E-state index in [2.05, 4.69) is 51.7 Å². The topological polar surface area (TPSA) is 38.9 Å². The molecule has 0 amide bonds. The normalized spacial score (nSPS) is 13.0. The third kappa shape index (κ3) is 3.16. The summed E-state index contributed by atoms with van der Waals surface area (Å²) in [7, 11) is 1.98. The van der Waals surface area contributed by atoms with Crippen molar-refractivity contribution in [2.45, 2.75) is 52.3 Å². The van der Waals surface area contributed by atoms with E-state index in [1.807, 2.05) is 7.28 Å². The Balaban J connectivity index is 2.79. The van der Waals surface area contributed by atoms with Crippen LogP contribution in [0.25, 0.3) is 0 Å². The fraction of sp³-hybridized carbons (Fsp3) is 0.800. The highest BCUT2D eigenvalue weighted by Gasteiger charge is 2.24. The first-order chi connectivity index (χ1) is 6.18. The van der Waals surface area contributed by atoms with Gasteiger partial charge < -0.3 is 4.52 Å². The quantitative estimate of drug-likeness (QED) is 0.639. The summed E-state index contributed by atoms with van der Waals surface area (Å²) < 4.78 is 5.15. The highest BCUT2D eigenvalue weighted by Crippen LogP contribution is 2.20. The molecule has 0 saturated carbocycles. The van der Waals surface area contributed by atoms with Gasteiger partial charge in [0.1, 0.15) is 0 Å². The summed E-state index contributed by atoms with van der Waals surface area (Å²) in [5.74, 6) is 1.37. The molecule has 0 aliphatic carbocycles. The molecule has 0 bridgehead atoms. The molecular formula is C10H18BN2O. The monoisotopic (exact) mass is 193 g/mol. The van der Waals surface area contributed by atoms with Crippen molar-refractivity contribution in [1.29, 1.82) is 0 Å². The van der Waals surface area contributed by atoms with Gasteiger partial charge in [0.2, 0.25) is 7.28 Å². The van der Waals surface area contributed by atoms with Crippen molar-refractivity contribution in [3.8, 4) is 0 Å². The zero-order valence-corrected chi connectivity index (χ0v) is 9.88. The van der Waals surface area contributed by atoms with Crippen LogP contribution in [0.3, 0.4) is 0 Å². The first-order valence-electron chi connectivity index (χ1n) is 4.88. The average Bonchev–Trinajstić information content (AvgIpc) is 2.29. The van der Waals surface area contributed by atoms with Crippen LogP contribution in [0.1, 0.15) is 47.4 Å². The SMILES string of the molecule is CC(C)(C)[B]c1nc(C(C)(C)C)no1. The van der Waals surface area contributed by atoms with Crippen molar-refractivity contribution in [1.82, 2.24) is 10.1 Å². The predicted molar refractivity (Wildman–Crippen MR) is 58.1 cm³/mol. The van der Waals surface area contributed by atoms with Crippen LogP contribution in [-0.4, -0.2) is 17.4 Å². The molecule has 0 atom stereocenters. The molecule has 0 unspecified atom stereocenters. The maximum absolute atomic E-state index is 5.15. The van der Waals surface area contributed by atoms with Crippen LogP contribution >= 0.6 is 0 Å². The molecule has 1 aromatic rings. The second kappa shape index (κ2) is 3.41. The molecule has 0 aliphatic rings. The zero-order valence-electron chi connectivity index (χ0n) is 9.88. The molecule has 0 fully saturated rings. The average molecular weight is 193 g/mol. The molecule has 14 heavy (non-hydrogen) atoms. The van der Waals surface area contributed by atoms with Gasteiger partial charge in [0.25, 0.3) is 0 Å². The molecule has 4 heteroatoms. The molecule has 0 aliphatic heterocycles. The molecule has 1 rings (SSSR count). The number of hydrogen-bond acceptors (Lipinski definition) is 3. The number of rotatable bonds is 1. The van der Waals surface area contributed by atoms with E-state index in [4.69, 9.17) is 4.52 Å². The first kappa shape index (κ1) is 11.3. The summed E-state index contributed by atoms with van der Waals surface area (Å²) >= 11 is 0. The predicted octanol–water partition coefficient (Wildman–Crippen LogP) is 1.91. The van der Waals surface area contributed by atoms with Gasteiger partial charge >= 0.3 is 0 Å². The minimum Gasteiger partial charge on any atom is -0.352 e. The van der Waals surface area contributed by atoms with E-state index in [-0.39, 0.29) is 10.7 Å². The molecule has 0 N–H and O–H groups in total. The molecule has 1 heterocycles. The Morgan fingerprint density at radius 2 is 1.64 bits per heavy atom. The highest BCUT2D eigenvalue weighted by molar-refractivity contribution is 6.53. The van der Waals surface area contributed by atoms with Crippen LogP contribution in [0.15, 0.2) is 4.52 Å². The minimum atomic E-state index is -0.0481. The van der Waals surface area contributed by atoms with E-state index in [9.17, 15) is 0 Å². The van der Waals surface area contributed by atoms with Crippen LogP contribution < -0.4 is 5.79 Å². The molecule has 1 aromatic heterocycles. The van der Waals surface area contributed by atoms with E-state index in [0.717, 1.165) is 5.82 Å². The number of hydrogen-bond donors (Lipinski definition) is 0. The van der Waals surface area contributed by atoms with Crippen molar-refractivity contribution in [3.63, 3.8) is 0 Å². The lowest BCUT2D eigenvalue weighted by Gasteiger charge is -2.13. The third-order valence-electron chi connectivity index (χ3n) is 1.67. The first-order valence-corrected chi connectivity index (χ1v) is 4.88. The van der Waals surface area contributed by atoms with Crippen LogP contribution in [0.4, 0.5) is 0 Å². The molecular weight excluding hydrogens is 175 g/mol.